The third-order valence-electron chi connectivity index (χ3n) is 11.6. The zero-order chi connectivity index (χ0) is 34.3. The number of rotatable bonds is 6. The van der Waals surface area contributed by atoms with Crippen molar-refractivity contribution in [2.45, 2.75) is 108 Å². The Morgan fingerprint density at radius 3 is 2.35 bits per heavy atom. The van der Waals surface area contributed by atoms with E-state index in [-0.39, 0.29) is 41.2 Å². The SMILES string of the molecule is CC(C)(C)OC(=O)N1CC2(CCC2)OCC1c1ccc(-n2c(Cl)cc3c(=O)n(CC4(O)CCN(C(=O)C5(C6CC6)CC5)CC4)cnc32)cc1. The van der Waals surface area contributed by atoms with E-state index in [1.807, 2.05) is 49.9 Å². The highest BCUT2D eigenvalue weighted by Gasteiger charge is 2.60. The minimum atomic E-state index is -1.11. The van der Waals surface area contributed by atoms with Crippen molar-refractivity contribution < 1.29 is 24.2 Å². The van der Waals surface area contributed by atoms with Gasteiger partial charge in [-0.05, 0) is 108 Å². The summed E-state index contributed by atoms with van der Waals surface area (Å²) >= 11 is 6.73. The Bertz CT molecular complexity index is 1840. The van der Waals surface area contributed by atoms with Crippen LogP contribution in [0.3, 0.4) is 0 Å². The van der Waals surface area contributed by atoms with E-state index in [0.29, 0.717) is 61.2 Å². The molecule has 11 nitrogen and oxygen atoms in total. The van der Waals surface area contributed by atoms with Crippen molar-refractivity contribution in [2.24, 2.45) is 11.3 Å². The van der Waals surface area contributed by atoms with E-state index in [1.165, 1.54) is 10.9 Å². The first-order chi connectivity index (χ1) is 23.3. The van der Waals surface area contributed by atoms with Gasteiger partial charge in [-0.1, -0.05) is 23.7 Å². The summed E-state index contributed by atoms with van der Waals surface area (Å²) in [4.78, 5) is 48.6. The number of nitrogens with zero attached hydrogens (tertiary/aromatic N) is 5. The van der Waals surface area contributed by atoms with Crippen molar-refractivity contribution in [1.29, 1.82) is 0 Å². The number of amides is 2. The van der Waals surface area contributed by atoms with E-state index in [0.717, 1.165) is 56.2 Å². The maximum Gasteiger partial charge on any atom is 0.410 e. The molecule has 3 saturated carbocycles. The lowest BCUT2D eigenvalue weighted by atomic mass is 9.78. The van der Waals surface area contributed by atoms with Gasteiger partial charge in [0.2, 0.25) is 5.91 Å². The van der Waals surface area contributed by atoms with Gasteiger partial charge in [-0.3, -0.25) is 23.6 Å². The Hall–Kier alpha value is -3.41. The summed E-state index contributed by atoms with van der Waals surface area (Å²) in [5.41, 5.74) is -0.363. The Kier molecular flexibility index (Phi) is 7.74. The molecule has 1 spiro atoms. The van der Waals surface area contributed by atoms with Crippen molar-refractivity contribution in [3.8, 4) is 5.69 Å². The van der Waals surface area contributed by atoms with Crippen molar-refractivity contribution in [1.82, 2.24) is 23.9 Å². The summed E-state index contributed by atoms with van der Waals surface area (Å²) in [5.74, 6) is 0.811. The van der Waals surface area contributed by atoms with Gasteiger partial charge in [0, 0.05) is 18.8 Å². The molecule has 2 aromatic heterocycles. The van der Waals surface area contributed by atoms with Gasteiger partial charge < -0.3 is 19.5 Å². The number of benzene rings is 1. The Labute approximate surface area is 291 Å². The van der Waals surface area contributed by atoms with Crippen LogP contribution >= 0.6 is 11.6 Å². The molecule has 12 heteroatoms. The highest BCUT2D eigenvalue weighted by molar-refractivity contribution is 6.31. The minimum absolute atomic E-state index is 0.0982. The van der Waals surface area contributed by atoms with Crippen LogP contribution in [0.15, 0.2) is 41.5 Å². The predicted molar refractivity (Wildman–Crippen MR) is 184 cm³/mol. The van der Waals surface area contributed by atoms with Gasteiger partial charge in [-0.2, -0.15) is 0 Å². The number of carbonyl (C=O) groups is 2. The van der Waals surface area contributed by atoms with E-state index in [4.69, 9.17) is 21.1 Å². The fourth-order valence-corrected chi connectivity index (χ4v) is 8.53. The third-order valence-corrected chi connectivity index (χ3v) is 11.8. The van der Waals surface area contributed by atoms with Crippen LogP contribution < -0.4 is 5.56 Å². The summed E-state index contributed by atoms with van der Waals surface area (Å²) in [5, 5.41) is 12.2. The van der Waals surface area contributed by atoms with Crippen molar-refractivity contribution in [2.75, 3.05) is 26.2 Å². The van der Waals surface area contributed by atoms with E-state index in [1.54, 1.807) is 15.5 Å². The molecular weight excluding hydrogens is 646 g/mol. The van der Waals surface area contributed by atoms with Gasteiger partial charge in [-0.15, -0.1) is 0 Å². The molecule has 262 valence electrons. The lowest BCUT2D eigenvalue weighted by Gasteiger charge is -2.51. The average molecular weight is 692 g/mol. The van der Waals surface area contributed by atoms with Gasteiger partial charge in [0.15, 0.2) is 5.65 Å². The van der Waals surface area contributed by atoms with Gasteiger partial charge in [0.05, 0.1) is 47.7 Å². The number of hydrogen-bond acceptors (Lipinski definition) is 7. The number of aliphatic hydroxyl groups is 1. The van der Waals surface area contributed by atoms with Gasteiger partial charge in [0.25, 0.3) is 5.56 Å². The normalized spacial score (nSPS) is 24.1. The van der Waals surface area contributed by atoms with Crippen LogP contribution in [0.4, 0.5) is 4.79 Å². The molecule has 2 amide bonds. The van der Waals surface area contributed by atoms with Crippen LogP contribution in [0.2, 0.25) is 5.15 Å². The monoisotopic (exact) mass is 691 g/mol. The Balaban J connectivity index is 0.988. The second-order valence-corrected chi connectivity index (χ2v) is 16.6. The third kappa shape index (κ3) is 5.95. The topological polar surface area (TPSA) is 119 Å². The van der Waals surface area contributed by atoms with Crippen LogP contribution in [0.5, 0.6) is 0 Å². The molecule has 0 radical (unpaired) electrons. The summed E-state index contributed by atoms with van der Waals surface area (Å²) in [7, 11) is 0. The Morgan fingerprint density at radius 1 is 1.06 bits per heavy atom. The molecule has 1 unspecified atom stereocenters. The molecule has 1 aromatic carbocycles. The van der Waals surface area contributed by atoms with Gasteiger partial charge >= 0.3 is 6.09 Å². The Morgan fingerprint density at radius 2 is 1.76 bits per heavy atom. The first-order valence-electron chi connectivity index (χ1n) is 17.8. The van der Waals surface area contributed by atoms with Crippen LogP contribution in [0, 0.1) is 11.3 Å². The summed E-state index contributed by atoms with van der Waals surface area (Å²) in [6.45, 7) is 7.58. The molecule has 5 aliphatic rings. The number of carbonyl (C=O) groups excluding carboxylic acids is 2. The summed E-state index contributed by atoms with van der Waals surface area (Å²) < 4.78 is 15.3. The van der Waals surface area contributed by atoms with Crippen LogP contribution in [0.25, 0.3) is 16.7 Å². The molecule has 4 heterocycles. The molecule has 8 rings (SSSR count). The molecule has 3 aliphatic carbocycles. The average Bonchev–Trinajstić information content (AvgIpc) is 3.98. The van der Waals surface area contributed by atoms with E-state index >= 15 is 0 Å². The zero-order valence-corrected chi connectivity index (χ0v) is 29.4. The molecule has 2 aliphatic heterocycles. The molecule has 3 aromatic rings. The lowest BCUT2D eigenvalue weighted by molar-refractivity contribution is -0.168. The number of ether oxygens (including phenoxy) is 2. The molecule has 0 bridgehead atoms. The highest BCUT2D eigenvalue weighted by atomic mass is 35.5. The van der Waals surface area contributed by atoms with Crippen LogP contribution in [-0.4, -0.2) is 84.1 Å². The molecule has 1 N–H and O–H groups in total. The number of hydrogen-bond donors (Lipinski definition) is 1. The van der Waals surface area contributed by atoms with E-state index < -0.39 is 11.2 Å². The standard InChI is InChI=1S/C37H46ClN5O6/c1-34(2,3)49-33(46)42-22-36(11-4-12-36)48-20-28(42)24-5-9-26(10-6-24)43-29(38)19-27-30(43)39-23-41(31(27)44)21-35(47)15-17-40(18-16-35)32(45)37(13-14-37)25-7-8-25/h5-6,9-10,19,23,25,28,47H,4,7-8,11-18,20-22H2,1-3H3. The second kappa shape index (κ2) is 11.6. The zero-order valence-electron chi connectivity index (χ0n) is 28.6. The van der Waals surface area contributed by atoms with Crippen molar-refractivity contribution in [3.63, 3.8) is 0 Å². The van der Waals surface area contributed by atoms with Crippen LogP contribution in [0.1, 0.15) is 90.2 Å². The molecule has 2 saturated heterocycles. The molecule has 5 fully saturated rings. The second-order valence-electron chi connectivity index (χ2n) is 16.2. The van der Waals surface area contributed by atoms with Gasteiger partial charge in [-0.25, -0.2) is 9.78 Å². The quantitative estimate of drug-likeness (QED) is 0.357. The first kappa shape index (κ1) is 32.8. The van der Waals surface area contributed by atoms with Crippen molar-refractivity contribution in [3.05, 3.63) is 57.7 Å². The number of aromatic nitrogens is 3. The maximum absolute atomic E-state index is 13.7. The number of fused-ring (bicyclic) bond motifs is 1. The van der Waals surface area contributed by atoms with Crippen LogP contribution in [-0.2, 0) is 20.8 Å². The predicted octanol–water partition coefficient (Wildman–Crippen LogP) is 5.62. The fourth-order valence-electron chi connectivity index (χ4n) is 8.25. The number of morpholine rings is 1. The molecule has 1 atom stereocenters. The number of piperidine rings is 1. The number of likely N-dealkylation sites (tertiary alicyclic amines) is 1. The molecule has 49 heavy (non-hydrogen) atoms. The maximum atomic E-state index is 13.7. The lowest BCUT2D eigenvalue weighted by Crippen LogP contribution is -2.58. The summed E-state index contributed by atoms with van der Waals surface area (Å²) in [6, 6.07) is 9.02. The summed E-state index contributed by atoms with van der Waals surface area (Å²) in [6.07, 6.45) is 9.22. The van der Waals surface area contributed by atoms with E-state index in [2.05, 4.69) is 4.98 Å². The highest BCUT2D eigenvalue weighted by Crippen LogP contribution is 2.62. The first-order valence-corrected chi connectivity index (χ1v) is 18.2. The fraction of sp³-hybridized carbons (Fsp3) is 0.622. The number of halogens is 1. The van der Waals surface area contributed by atoms with E-state index in [9.17, 15) is 19.5 Å². The largest absolute Gasteiger partial charge is 0.444 e. The van der Waals surface area contributed by atoms with Gasteiger partial charge in [0.1, 0.15) is 17.1 Å². The smallest absolute Gasteiger partial charge is 0.410 e. The minimum Gasteiger partial charge on any atom is -0.444 e. The molecular formula is C37H46ClN5O6. The van der Waals surface area contributed by atoms with Crippen molar-refractivity contribution >= 4 is 34.6 Å².